The van der Waals surface area contributed by atoms with E-state index in [4.69, 9.17) is 0 Å². The molecule has 0 aromatic carbocycles. The minimum atomic E-state index is -1.04. The van der Waals surface area contributed by atoms with Crippen LogP contribution in [0, 0.1) is 0 Å². The Morgan fingerprint density at radius 3 is 1.28 bits per heavy atom. The van der Waals surface area contributed by atoms with Gasteiger partial charge in [-0.1, -0.05) is 0 Å². The van der Waals surface area contributed by atoms with Crippen molar-refractivity contribution in [3.05, 3.63) is 0 Å². The van der Waals surface area contributed by atoms with Gasteiger partial charge in [-0.3, -0.25) is 0 Å². The second kappa shape index (κ2) is 15.5. The van der Waals surface area contributed by atoms with Gasteiger partial charge in [0.25, 0.3) is 0 Å². The summed E-state index contributed by atoms with van der Waals surface area (Å²) in [4.78, 5) is 0. The van der Waals surface area contributed by atoms with Crippen molar-refractivity contribution in [3.63, 3.8) is 0 Å². The van der Waals surface area contributed by atoms with E-state index in [9.17, 15) is 0 Å². The van der Waals surface area contributed by atoms with Crippen molar-refractivity contribution in [1.82, 2.24) is 0 Å². The summed E-state index contributed by atoms with van der Waals surface area (Å²) in [6.45, 7) is 7.09. The van der Waals surface area contributed by atoms with Gasteiger partial charge in [0.2, 0.25) is 0 Å². The monoisotopic (exact) mass is 370 g/mol. The van der Waals surface area contributed by atoms with Crippen LogP contribution in [0.5, 0.6) is 0 Å². The Morgan fingerprint density at radius 2 is 0.920 bits per heavy atom. The molecule has 0 N–H and O–H groups in total. The van der Waals surface area contributed by atoms with Crippen LogP contribution in [-0.4, -0.2) is 24.1 Å². The molecule has 0 amide bonds. The molecule has 0 bridgehead atoms. The van der Waals surface area contributed by atoms with Crippen molar-refractivity contribution in [2.75, 3.05) is 18.5 Å². The van der Waals surface area contributed by atoms with E-state index in [2.05, 4.69) is 20.8 Å². The van der Waals surface area contributed by atoms with E-state index in [0.717, 1.165) is 0 Å². The maximum absolute atomic E-state index is 2.36. The van der Waals surface area contributed by atoms with E-state index in [0.29, 0.717) is 0 Å². The first kappa shape index (κ1) is 23.5. The minimum absolute atomic E-state index is 1.04. The standard InChI is InChI=1S/C24H51P/c1-4-7-10-16-21-25(22-17-11-8-5-2,23-18-12-9-6-3)24-19-14-13-15-20-24/h24-25H,4-23H2,1-3H3. The number of unbranched alkanes of at least 4 members (excludes halogenated alkanes) is 9. The van der Waals surface area contributed by atoms with Crippen molar-refractivity contribution in [2.24, 2.45) is 0 Å². The number of hydrogen-bond donors (Lipinski definition) is 0. The van der Waals surface area contributed by atoms with Gasteiger partial charge in [0.1, 0.15) is 0 Å². The molecule has 25 heavy (non-hydrogen) atoms. The molecule has 1 aliphatic rings. The van der Waals surface area contributed by atoms with Gasteiger partial charge in [0.15, 0.2) is 0 Å². The molecule has 0 unspecified atom stereocenters. The summed E-state index contributed by atoms with van der Waals surface area (Å²) < 4.78 is 0. The molecular weight excluding hydrogens is 319 g/mol. The first-order valence-corrected chi connectivity index (χ1v) is 15.0. The first-order valence-electron chi connectivity index (χ1n) is 12.3. The van der Waals surface area contributed by atoms with Crippen LogP contribution in [0.1, 0.15) is 130 Å². The summed E-state index contributed by atoms with van der Waals surface area (Å²) in [5, 5.41) is 0. The molecule has 1 aliphatic carbocycles. The zero-order valence-corrected chi connectivity index (χ0v) is 19.2. The Hall–Kier alpha value is 0.430. The Kier molecular flexibility index (Phi) is 14.5. The van der Waals surface area contributed by atoms with Gasteiger partial charge >= 0.3 is 161 Å². The van der Waals surface area contributed by atoms with Crippen LogP contribution in [0.25, 0.3) is 0 Å². The molecule has 152 valence electrons. The van der Waals surface area contributed by atoms with Crippen molar-refractivity contribution >= 4 is 7.26 Å². The van der Waals surface area contributed by atoms with Gasteiger partial charge < -0.3 is 0 Å². The van der Waals surface area contributed by atoms with E-state index in [-0.39, 0.29) is 0 Å². The first-order chi connectivity index (χ1) is 12.3. The quantitative estimate of drug-likeness (QED) is 0.188. The van der Waals surface area contributed by atoms with Crippen LogP contribution in [0.3, 0.4) is 0 Å². The fourth-order valence-corrected chi connectivity index (χ4v) is 11.9. The van der Waals surface area contributed by atoms with E-state index < -0.39 is 7.26 Å². The zero-order valence-electron chi connectivity index (χ0n) is 18.2. The van der Waals surface area contributed by atoms with E-state index in [1.807, 2.05) is 0 Å². The summed E-state index contributed by atoms with van der Waals surface area (Å²) in [7, 11) is -1.04. The average molecular weight is 371 g/mol. The summed E-state index contributed by atoms with van der Waals surface area (Å²) in [6, 6.07) is 0. The summed E-state index contributed by atoms with van der Waals surface area (Å²) >= 11 is 0. The molecule has 0 nitrogen and oxygen atoms in total. The Balaban J connectivity index is 2.69. The zero-order chi connectivity index (χ0) is 18.2. The molecule has 0 aromatic heterocycles. The molecule has 0 radical (unpaired) electrons. The van der Waals surface area contributed by atoms with Crippen LogP contribution >= 0.6 is 7.26 Å². The Bertz CT molecular complexity index is 249. The molecule has 0 heterocycles. The maximum atomic E-state index is 2.36. The molecule has 1 saturated carbocycles. The predicted octanol–water partition coefficient (Wildman–Crippen LogP) is 8.81. The van der Waals surface area contributed by atoms with Gasteiger partial charge in [-0.2, -0.15) is 0 Å². The molecule has 1 fully saturated rings. The van der Waals surface area contributed by atoms with Crippen LogP contribution in [0.15, 0.2) is 0 Å². The third-order valence-electron chi connectivity index (χ3n) is 7.06. The van der Waals surface area contributed by atoms with Gasteiger partial charge in [0.05, 0.1) is 0 Å². The molecule has 0 spiro atoms. The van der Waals surface area contributed by atoms with Crippen LogP contribution in [0.2, 0.25) is 0 Å². The summed E-state index contributed by atoms with van der Waals surface area (Å²) in [6.07, 6.45) is 30.8. The molecule has 0 saturated heterocycles. The second-order valence-electron chi connectivity index (χ2n) is 9.13. The molecule has 0 aliphatic heterocycles. The Morgan fingerprint density at radius 1 is 0.520 bits per heavy atom. The van der Waals surface area contributed by atoms with Crippen LogP contribution in [-0.2, 0) is 0 Å². The van der Waals surface area contributed by atoms with Gasteiger partial charge in [-0.05, 0) is 0 Å². The van der Waals surface area contributed by atoms with E-state index in [1.165, 1.54) is 69.9 Å². The molecule has 1 rings (SSSR count). The Labute approximate surface area is 161 Å². The topological polar surface area (TPSA) is 0 Å². The predicted molar refractivity (Wildman–Crippen MR) is 122 cm³/mol. The van der Waals surface area contributed by atoms with E-state index in [1.54, 1.807) is 63.4 Å². The molecule has 1 heteroatoms. The van der Waals surface area contributed by atoms with Crippen molar-refractivity contribution in [2.45, 2.75) is 136 Å². The summed E-state index contributed by atoms with van der Waals surface area (Å²) in [5.74, 6) is 0. The van der Waals surface area contributed by atoms with Crippen LogP contribution < -0.4 is 0 Å². The number of hydrogen-bond acceptors (Lipinski definition) is 0. The third kappa shape index (κ3) is 9.79. The van der Waals surface area contributed by atoms with Crippen molar-refractivity contribution < 1.29 is 0 Å². The third-order valence-corrected chi connectivity index (χ3v) is 13.4. The van der Waals surface area contributed by atoms with Crippen molar-refractivity contribution in [3.8, 4) is 0 Å². The average Bonchev–Trinajstić information content (AvgIpc) is 2.66. The molecule has 0 aromatic rings. The van der Waals surface area contributed by atoms with Gasteiger partial charge in [0, 0.05) is 0 Å². The second-order valence-corrected chi connectivity index (χ2v) is 14.2. The van der Waals surface area contributed by atoms with E-state index >= 15 is 0 Å². The SMILES string of the molecule is CCCCCC[PH](CCCCCC)(CCCCCC)C1CCCCC1. The fourth-order valence-electron chi connectivity index (χ4n) is 5.41. The molecular formula is C24H51P. The normalized spacial score (nSPS) is 17.1. The van der Waals surface area contributed by atoms with Gasteiger partial charge in [-0.25, -0.2) is 0 Å². The summed E-state index contributed by atoms with van der Waals surface area (Å²) in [5.41, 5.74) is 1.20. The fraction of sp³-hybridized carbons (Fsp3) is 1.00. The number of rotatable bonds is 16. The van der Waals surface area contributed by atoms with Crippen molar-refractivity contribution in [1.29, 1.82) is 0 Å². The van der Waals surface area contributed by atoms with Gasteiger partial charge in [-0.15, -0.1) is 0 Å². The molecule has 0 atom stereocenters. The van der Waals surface area contributed by atoms with Crippen LogP contribution in [0.4, 0.5) is 0 Å².